The summed E-state index contributed by atoms with van der Waals surface area (Å²) in [6.07, 6.45) is -0.545. The highest BCUT2D eigenvalue weighted by Crippen LogP contribution is 2.35. The molecule has 2 heterocycles. The molecule has 0 radical (unpaired) electrons. The summed E-state index contributed by atoms with van der Waals surface area (Å²) in [5.74, 6) is -0.504. The predicted octanol–water partition coefficient (Wildman–Crippen LogP) is 4.68. The Morgan fingerprint density at radius 2 is 1.64 bits per heavy atom. The second-order valence-corrected chi connectivity index (χ2v) is 9.53. The zero-order valence-electron chi connectivity index (χ0n) is 21.9. The van der Waals surface area contributed by atoms with Crippen LogP contribution in [0.15, 0.2) is 57.3 Å². The van der Waals surface area contributed by atoms with E-state index in [2.05, 4.69) is 26.7 Å². The van der Waals surface area contributed by atoms with Gasteiger partial charge in [-0.3, -0.25) is 9.59 Å². The molecule has 0 aliphatic heterocycles. The molecule has 2 N–H and O–H groups in total. The number of ether oxygens (including phenoxy) is 2. The van der Waals surface area contributed by atoms with E-state index in [-0.39, 0.29) is 29.4 Å². The molecule has 0 spiro atoms. The molecule has 0 aliphatic rings. The standard InChI is InChI=1S/C26H26N6O6S/c1-6-20(33)28-18-10-9-17(39-16-8-7-14(2)15(3)11-16)12-19(18)29-24-30-22-21(23(34)32(24)26(36)38-5)27-13-31(22)25(35)37-4/h7-13H,6H2,1-5H3,(H,28,33)(H,29,30). The van der Waals surface area contributed by atoms with Crippen LogP contribution >= 0.6 is 11.8 Å². The van der Waals surface area contributed by atoms with Crippen molar-refractivity contribution < 1.29 is 23.9 Å². The Morgan fingerprint density at radius 3 is 2.31 bits per heavy atom. The number of nitrogens with zero attached hydrogens (tertiary/aromatic N) is 4. The highest BCUT2D eigenvalue weighted by Gasteiger charge is 2.23. The third kappa shape index (κ3) is 5.62. The summed E-state index contributed by atoms with van der Waals surface area (Å²) in [6, 6.07) is 11.4. The van der Waals surface area contributed by atoms with E-state index in [4.69, 9.17) is 9.47 Å². The minimum absolute atomic E-state index is 0.130. The van der Waals surface area contributed by atoms with Crippen LogP contribution in [0.1, 0.15) is 24.5 Å². The van der Waals surface area contributed by atoms with E-state index in [0.29, 0.717) is 15.9 Å². The number of benzene rings is 2. The summed E-state index contributed by atoms with van der Waals surface area (Å²) in [4.78, 5) is 60.4. The van der Waals surface area contributed by atoms with Crippen LogP contribution in [0.3, 0.4) is 0 Å². The number of amides is 1. The van der Waals surface area contributed by atoms with E-state index >= 15 is 0 Å². The number of nitrogens with one attached hydrogen (secondary N) is 2. The van der Waals surface area contributed by atoms with Crippen LogP contribution in [0.2, 0.25) is 0 Å². The molecule has 2 aromatic heterocycles. The molecule has 0 saturated heterocycles. The number of carbonyl (C=O) groups is 3. The van der Waals surface area contributed by atoms with Crippen molar-refractivity contribution in [2.24, 2.45) is 0 Å². The lowest BCUT2D eigenvalue weighted by molar-refractivity contribution is -0.115. The maximum absolute atomic E-state index is 13.2. The Labute approximate surface area is 227 Å². The molecule has 0 bridgehead atoms. The number of imidazole rings is 1. The summed E-state index contributed by atoms with van der Waals surface area (Å²) in [5.41, 5.74) is 1.82. The summed E-state index contributed by atoms with van der Waals surface area (Å²) in [5, 5.41) is 5.77. The first-order chi connectivity index (χ1) is 18.7. The van der Waals surface area contributed by atoms with Crippen molar-refractivity contribution in [3.05, 3.63) is 64.2 Å². The lowest BCUT2D eigenvalue weighted by Crippen LogP contribution is -2.31. The van der Waals surface area contributed by atoms with Crippen LogP contribution < -0.4 is 16.2 Å². The van der Waals surface area contributed by atoms with Gasteiger partial charge in [-0.2, -0.15) is 9.55 Å². The van der Waals surface area contributed by atoms with Crippen LogP contribution in [0.5, 0.6) is 0 Å². The Balaban J connectivity index is 1.86. The maximum atomic E-state index is 13.2. The first-order valence-corrected chi connectivity index (χ1v) is 12.6. The Kier molecular flexibility index (Phi) is 8.00. The minimum atomic E-state index is -1.02. The van der Waals surface area contributed by atoms with Gasteiger partial charge in [-0.25, -0.2) is 19.1 Å². The molecular formula is C26H26N6O6S. The SMILES string of the molecule is CCC(=O)Nc1ccc(Sc2ccc(C)c(C)c2)cc1Nc1nc2c(ncn2C(=O)OC)c(=O)n1C(=O)OC. The quantitative estimate of drug-likeness (QED) is 0.347. The van der Waals surface area contributed by atoms with E-state index in [1.54, 1.807) is 19.1 Å². The molecule has 2 aromatic carbocycles. The van der Waals surface area contributed by atoms with Crippen LogP contribution in [-0.2, 0) is 14.3 Å². The van der Waals surface area contributed by atoms with Crippen molar-refractivity contribution in [2.75, 3.05) is 24.9 Å². The minimum Gasteiger partial charge on any atom is -0.452 e. The zero-order valence-corrected chi connectivity index (χ0v) is 22.7. The molecule has 0 unspecified atom stereocenters. The number of methoxy groups -OCH3 is 2. The van der Waals surface area contributed by atoms with Gasteiger partial charge in [0.2, 0.25) is 11.9 Å². The van der Waals surface area contributed by atoms with Gasteiger partial charge in [-0.15, -0.1) is 0 Å². The summed E-state index contributed by atoms with van der Waals surface area (Å²) in [7, 11) is 2.29. The van der Waals surface area contributed by atoms with Crippen molar-refractivity contribution in [1.29, 1.82) is 0 Å². The molecule has 0 atom stereocenters. The summed E-state index contributed by atoms with van der Waals surface area (Å²) >= 11 is 1.49. The number of hydrogen-bond acceptors (Lipinski definition) is 10. The van der Waals surface area contributed by atoms with E-state index < -0.39 is 17.7 Å². The van der Waals surface area contributed by atoms with Gasteiger partial charge in [0, 0.05) is 16.2 Å². The van der Waals surface area contributed by atoms with Gasteiger partial charge in [0.1, 0.15) is 6.33 Å². The van der Waals surface area contributed by atoms with Gasteiger partial charge in [0.05, 0.1) is 25.6 Å². The summed E-state index contributed by atoms with van der Waals surface area (Å²) < 4.78 is 11.1. The van der Waals surface area contributed by atoms with Crippen molar-refractivity contribution in [3.8, 4) is 0 Å². The number of fused-ring (bicyclic) bond motifs is 1. The lowest BCUT2D eigenvalue weighted by atomic mass is 10.1. The van der Waals surface area contributed by atoms with Gasteiger partial charge < -0.3 is 20.1 Å². The molecular weight excluding hydrogens is 524 g/mol. The van der Waals surface area contributed by atoms with Gasteiger partial charge >= 0.3 is 12.2 Å². The van der Waals surface area contributed by atoms with Crippen LogP contribution in [0.25, 0.3) is 11.2 Å². The molecule has 0 aliphatic carbocycles. The van der Waals surface area contributed by atoms with Gasteiger partial charge in [0.15, 0.2) is 11.2 Å². The number of aromatic nitrogens is 4. The largest absolute Gasteiger partial charge is 0.452 e. The average Bonchev–Trinajstić information content (AvgIpc) is 3.35. The Bertz CT molecular complexity index is 1660. The van der Waals surface area contributed by atoms with Crippen molar-refractivity contribution in [3.63, 3.8) is 0 Å². The first kappa shape index (κ1) is 27.4. The molecule has 4 rings (SSSR count). The van der Waals surface area contributed by atoms with Crippen molar-refractivity contribution in [2.45, 2.75) is 37.0 Å². The van der Waals surface area contributed by atoms with E-state index in [9.17, 15) is 19.2 Å². The van der Waals surface area contributed by atoms with E-state index in [1.807, 2.05) is 32.0 Å². The predicted molar refractivity (Wildman–Crippen MR) is 146 cm³/mol. The topological polar surface area (TPSA) is 146 Å². The molecule has 39 heavy (non-hydrogen) atoms. The fourth-order valence-corrected chi connectivity index (χ4v) is 4.56. The molecule has 0 saturated carbocycles. The second-order valence-electron chi connectivity index (χ2n) is 8.39. The van der Waals surface area contributed by atoms with Crippen LogP contribution in [-0.4, -0.2) is 51.4 Å². The van der Waals surface area contributed by atoms with Crippen molar-refractivity contribution >= 4 is 58.3 Å². The highest BCUT2D eigenvalue weighted by atomic mass is 32.2. The zero-order chi connectivity index (χ0) is 28.3. The van der Waals surface area contributed by atoms with Crippen LogP contribution in [0.4, 0.5) is 26.9 Å². The van der Waals surface area contributed by atoms with Crippen molar-refractivity contribution in [1.82, 2.24) is 19.1 Å². The number of rotatable bonds is 6. The number of carbonyl (C=O) groups excluding carboxylic acids is 3. The molecule has 12 nitrogen and oxygen atoms in total. The first-order valence-electron chi connectivity index (χ1n) is 11.8. The molecule has 1 amide bonds. The van der Waals surface area contributed by atoms with E-state index in [0.717, 1.165) is 33.4 Å². The third-order valence-corrected chi connectivity index (χ3v) is 6.83. The fourth-order valence-electron chi connectivity index (χ4n) is 3.60. The molecule has 4 aromatic rings. The number of aryl methyl sites for hydroxylation is 2. The molecule has 202 valence electrons. The highest BCUT2D eigenvalue weighted by molar-refractivity contribution is 7.99. The number of hydrogen-bond donors (Lipinski definition) is 2. The summed E-state index contributed by atoms with van der Waals surface area (Å²) in [6.45, 7) is 5.78. The fraction of sp³-hybridized carbons (Fsp3) is 0.231. The smallest absolute Gasteiger partial charge is 0.423 e. The normalized spacial score (nSPS) is 10.8. The second kappa shape index (κ2) is 11.4. The number of anilines is 3. The Morgan fingerprint density at radius 1 is 0.949 bits per heavy atom. The Hall–Kier alpha value is -4.65. The lowest BCUT2D eigenvalue weighted by Gasteiger charge is -2.16. The molecule has 13 heteroatoms. The van der Waals surface area contributed by atoms with Crippen LogP contribution in [0, 0.1) is 13.8 Å². The maximum Gasteiger partial charge on any atom is 0.423 e. The molecule has 0 fully saturated rings. The van der Waals surface area contributed by atoms with E-state index in [1.165, 1.54) is 24.4 Å². The van der Waals surface area contributed by atoms with Gasteiger partial charge in [-0.1, -0.05) is 24.8 Å². The van der Waals surface area contributed by atoms with Gasteiger partial charge in [-0.05, 0) is 55.3 Å². The monoisotopic (exact) mass is 550 g/mol. The average molecular weight is 551 g/mol. The third-order valence-electron chi connectivity index (χ3n) is 5.85. The van der Waals surface area contributed by atoms with Gasteiger partial charge in [0.25, 0.3) is 5.56 Å².